The highest BCUT2D eigenvalue weighted by Crippen LogP contribution is 2.35. The number of benzene rings is 2. The second-order valence-corrected chi connectivity index (χ2v) is 22.9. The van der Waals surface area contributed by atoms with Gasteiger partial charge in [0.15, 0.2) is 19.7 Å². The summed E-state index contributed by atoms with van der Waals surface area (Å²) in [6.45, 7) is 4.21. The van der Waals surface area contributed by atoms with E-state index in [1.807, 2.05) is 50.2 Å². The Morgan fingerprint density at radius 1 is 0.568 bits per heavy atom. The molecule has 0 aliphatic carbocycles. The van der Waals surface area contributed by atoms with Gasteiger partial charge in [-0.3, -0.25) is 19.6 Å². The lowest BCUT2D eigenvalue weighted by molar-refractivity contribution is -0.140. The molecule has 74 heavy (non-hydrogen) atoms. The first-order chi connectivity index (χ1) is 35.0. The fraction of sp³-hybridized carbons (Fsp3) is 0.320. The van der Waals surface area contributed by atoms with Crippen LogP contribution < -0.4 is 29.6 Å². The molecule has 0 spiro atoms. The first kappa shape index (κ1) is 57.2. The number of carbonyl (C=O) groups is 2. The predicted molar refractivity (Wildman–Crippen MR) is 277 cm³/mol. The largest absolute Gasteiger partial charge is 0.481 e. The van der Waals surface area contributed by atoms with Crippen LogP contribution in [0.4, 0.5) is 0 Å². The van der Waals surface area contributed by atoms with Crippen LogP contribution in [0.3, 0.4) is 0 Å². The standard InChI is InChI=1S/C50H54Br2N6O14S2/c1-29-33(27-71-49-43(51)13-35(19-55-21-37(59)15-45(61)62)47(57-49)69-25-31-11-39(23-53-17-31)73(3,65)66)7-5-9-41(29)42-10-6-8-34(30(42)2)28-72-50-44(52)14-36(20-56-22-38(60)16-46(63)64)48(58-50)70-26-32-12-40(24-54-18-32)74(4,67)68/h5-14,17-18,23-24,37-38,55-56,59-60H,15-16,19-22,25-28H2,1-4H3,(H,61,62)(H,63,64). The topological polar surface area (TPSA) is 296 Å². The fourth-order valence-electron chi connectivity index (χ4n) is 7.34. The number of aliphatic hydroxyl groups is 2. The lowest BCUT2D eigenvalue weighted by Crippen LogP contribution is -2.28. The number of sulfone groups is 2. The monoisotopic (exact) mass is 1180 g/mol. The highest BCUT2D eigenvalue weighted by molar-refractivity contribution is 9.11. The van der Waals surface area contributed by atoms with Crippen molar-refractivity contribution in [3.05, 3.63) is 139 Å². The lowest BCUT2D eigenvalue weighted by Gasteiger charge is -2.18. The van der Waals surface area contributed by atoms with Crippen molar-refractivity contribution in [3.8, 4) is 34.6 Å². The van der Waals surface area contributed by atoms with Gasteiger partial charge in [-0.05, 0) is 103 Å². The second-order valence-electron chi connectivity index (χ2n) is 17.2. The Labute approximate surface area is 444 Å². The molecule has 24 heteroatoms. The summed E-state index contributed by atoms with van der Waals surface area (Å²) in [6, 6.07) is 18.1. The lowest BCUT2D eigenvalue weighted by atomic mass is 9.92. The molecule has 6 rings (SSSR count). The molecular weight excluding hydrogens is 1130 g/mol. The number of carboxylic acid groups (broad SMARTS) is 2. The molecule has 0 aliphatic rings. The van der Waals surface area contributed by atoms with Gasteiger partial charge in [-0.1, -0.05) is 36.4 Å². The average Bonchev–Trinajstić information content (AvgIpc) is 3.32. The third kappa shape index (κ3) is 16.4. The molecule has 2 aromatic carbocycles. The molecular formula is C50H54Br2N6O14S2. The number of pyridine rings is 4. The molecule has 394 valence electrons. The zero-order valence-corrected chi connectivity index (χ0v) is 45.3. The van der Waals surface area contributed by atoms with E-state index in [-0.39, 0.29) is 85.9 Å². The Morgan fingerprint density at radius 3 is 1.31 bits per heavy atom. The van der Waals surface area contributed by atoms with E-state index in [1.165, 1.54) is 36.9 Å². The summed E-state index contributed by atoms with van der Waals surface area (Å²) in [5, 5.41) is 44.4. The number of ether oxygens (including phenoxy) is 4. The highest BCUT2D eigenvalue weighted by atomic mass is 79.9. The van der Waals surface area contributed by atoms with Gasteiger partial charge in [0.05, 0.1) is 43.8 Å². The van der Waals surface area contributed by atoms with Crippen molar-refractivity contribution in [3.63, 3.8) is 0 Å². The van der Waals surface area contributed by atoms with E-state index >= 15 is 0 Å². The van der Waals surface area contributed by atoms with Crippen LogP contribution in [0.25, 0.3) is 11.1 Å². The quantitative estimate of drug-likeness (QED) is 0.0342. The van der Waals surface area contributed by atoms with Gasteiger partial charge in [0, 0.05) is 85.7 Å². The van der Waals surface area contributed by atoms with E-state index in [2.05, 4.69) is 62.4 Å². The number of rotatable bonds is 27. The molecule has 0 saturated carbocycles. The Hall–Kier alpha value is -6.12. The van der Waals surface area contributed by atoms with Gasteiger partial charge in [0.25, 0.3) is 0 Å². The zero-order valence-electron chi connectivity index (χ0n) is 40.5. The minimum atomic E-state index is -3.54. The maximum atomic E-state index is 12.2. The van der Waals surface area contributed by atoms with Crippen molar-refractivity contribution in [2.75, 3.05) is 25.6 Å². The van der Waals surface area contributed by atoms with Crippen molar-refractivity contribution >= 4 is 63.5 Å². The maximum Gasteiger partial charge on any atom is 0.306 e. The molecule has 0 aliphatic heterocycles. The normalized spacial score (nSPS) is 12.5. The zero-order chi connectivity index (χ0) is 53.7. The minimum Gasteiger partial charge on any atom is -0.481 e. The van der Waals surface area contributed by atoms with Gasteiger partial charge < -0.3 is 50.0 Å². The molecule has 2 atom stereocenters. The summed E-state index contributed by atoms with van der Waals surface area (Å²) in [5.41, 5.74) is 7.47. The van der Waals surface area contributed by atoms with E-state index < -0.39 is 56.7 Å². The van der Waals surface area contributed by atoms with E-state index in [4.69, 9.17) is 29.2 Å². The molecule has 6 aromatic rings. The van der Waals surface area contributed by atoms with Gasteiger partial charge in [0.2, 0.25) is 23.5 Å². The van der Waals surface area contributed by atoms with Gasteiger partial charge in [0.1, 0.15) is 26.4 Å². The van der Waals surface area contributed by atoms with Crippen molar-refractivity contribution in [2.45, 2.75) is 88.2 Å². The van der Waals surface area contributed by atoms with Crippen LogP contribution in [0.15, 0.2) is 104 Å². The van der Waals surface area contributed by atoms with Crippen molar-refractivity contribution in [2.24, 2.45) is 0 Å². The van der Waals surface area contributed by atoms with E-state index in [0.717, 1.165) is 45.9 Å². The predicted octanol–water partition coefficient (Wildman–Crippen LogP) is 6.05. The third-order valence-corrected chi connectivity index (χ3v) is 14.5. The molecule has 0 amide bonds. The maximum absolute atomic E-state index is 12.2. The van der Waals surface area contributed by atoms with Crippen LogP contribution in [0, 0.1) is 13.8 Å². The second kappa shape index (κ2) is 25.9. The summed E-state index contributed by atoms with van der Waals surface area (Å²) >= 11 is 7.13. The highest BCUT2D eigenvalue weighted by Gasteiger charge is 2.20. The molecule has 0 bridgehead atoms. The summed E-state index contributed by atoms with van der Waals surface area (Å²) in [4.78, 5) is 39.6. The molecule has 6 N–H and O–H groups in total. The van der Waals surface area contributed by atoms with Crippen LogP contribution in [0.5, 0.6) is 23.5 Å². The Bertz CT molecular complexity index is 3010. The number of aromatic nitrogens is 4. The smallest absolute Gasteiger partial charge is 0.306 e. The van der Waals surface area contributed by atoms with Crippen LogP contribution in [-0.2, 0) is 68.8 Å². The SMILES string of the molecule is Cc1c(COc2nc(OCc3cncc(S(C)(=O)=O)c3)c(CNCC(O)CC(=O)O)cc2Br)cccc1-c1cccc(COc2nc(OCc3cncc(S(C)(=O)=O)c3)c(CNCC(O)CC(=O)O)cc2Br)c1C. The van der Waals surface area contributed by atoms with E-state index in [1.54, 1.807) is 12.1 Å². The van der Waals surface area contributed by atoms with Crippen LogP contribution >= 0.6 is 31.9 Å². The molecule has 4 heterocycles. The van der Waals surface area contributed by atoms with Crippen LogP contribution in [0.2, 0.25) is 0 Å². The number of nitrogens with one attached hydrogen (secondary N) is 2. The average molecular weight is 1190 g/mol. The van der Waals surface area contributed by atoms with Crippen LogP contribution in [-0.4, -0.2) is 107 Å². The molecule has 0 radical (unpaired) electrons. The Kier molecular flexibility index (Phi) is 20.0. The summed E-state index contributed by atoms with van der Waals surface area (Å²) in [5.74, 6) is -1.59. The Balaban J connectivity index is 1.20. The van der Waals surface area contributed by atoms with Crippen molar-refractivity contribution in [1.29, 1.82) is 0 Å². The third-order valence-electron chi connectivity index (χ3n) is 11.2. The van der Waals surface area contributed by atoms with E-state index in [0.29, 0.717) is 31.2 Å². The number of carboxylic acids is 2. The molecule has 0 fully saturated rings. The number of hydrogen-bond acceptors (Lipinski definition) is 18. The van der Waals surface area contributed by atoms with Gasteiger partial charge in [-0.15, -0.1) is 0 Å². The number of aliphatic carboxylic acids is 2. The van der Waals surface area contributed by atoms with E-state index in [9.17, 15) is 36.6 Å². The first-order valence-electron chi connectivity index (χ1n) is 22.6. The van der Waals surface area contributed by atoms with Gasteiger partial charge in [-0.25, -0.2) is 16.8 Å². The molecule has 0 saturated heterocycles. The summed E-state index contributed by atoms with van der Waals surface area (Å²) in [6.07, 6.45) is 4.45. The van der Waals surface area contributed by atoms with Gasteiger partial charge >= 0.3 is 11.9 Å². The first-order valence-corrected chi connectivity index (χ1v) is 28.0. The summed E-state index contributed by atoms with van der Waals surface area (Å²) in [7, 11) is -7.07. The number of halogens is 2. The van der Waals surface area contributed by atoms with Crippen molar-refractivity contribution in [1.82, 2.24) is 30.6 Å². The van der Waals surface area contributed by atoms with Gasteiger partial charge in [-0.2, -0.15) is 9.97 Å². The molecule has 20 nitrogen and oxygen atoms in total. The number of hydrogen-bond donors (Lipinski definition) is 6. The number of aliphatic hydroxyl groups excluding tert-OH is 2. The minimum absolute atomic E-state index is 0.0218. The van der Waals surface area contributed by atoms with Crippen molar-refractivity contribution < 1.29 is 65.8 Å². The fourth-order valence-corrected chi connectivity index (χ4v) is 9.53. The number of nitrogens with zero attached hydrogens (tertiary/aromatic N) is 4. The molecule has 4 aromatic heterocycles. The van der Waals surface area contributed by atoms with Crippen LogP contribution in [0.1, 0.15) is 57.3 Å². The molecule has 2 unspecified atom stereocenters. The Morgan fingerprint density at radius 2 is 0.946 bits per heavy atom. The summed E-state index contributed by atoms with van der Waals surface area (Å²) < 4.78 is 74.6.